The van der Waals surface area contributed by atoms with Crippen LogP contribution in [0.25, 0.3) is 33.3 Å². The van der Waals surface area contributed by atoms with E-state index in [0.717, 1.165) is 58.4 Å². The summed E-state index contributed by atoms with van der Waals surface area (Å²) in [6, 6.07) is 8.69. The minimum atomic E-state index is -0.244. The Morgan fingerprint density at radius 2 is 1.82 bits per heavy atom. The van der Waals surface area contributed by atoms with E-state index in [9.17, 15) is 4.39 Å². The molecule has 0 aliphatic carbocycles. The second-order valence-electron chi connectivity index (χ2n) is 7.98. The van der Waals surface area contributed by atoms with E-state index in [2.05, 4.69) is 33.2 Å². The Bertz CT molecular complexity index is 1370. The maximum Gasteiger partial charge on any atom is 0.137 e. The molecule has 1 aromatic carbocycles. The van der Waals surface area contributed by atoms with E-state index in [0.29, 0.717) is 13.2 Å². The van der Waals surface area contributed by atoms with Gasteiger partial charge in [0.25, 0.3) is 0 Å². The van der Waals surface area contributed by atoms with Crippen molar-refractivity contribution < 1.29 is 9.13 Å². The van der Waals surface area contributed by atoms with Crippen LogP contribution < -0.4 is 0 Å². The number of nitrogens with zero attached hydrogens (tertiary/aromatic N) is 5. The molecule has 0 aliphatic rings. The maximum absolute atomic E-state index is 13.5. The normalized spacial score (nSPS) is 11.5. The molecule has 0 radical (unpaired) electrons. The molecule has 5 aromatic rings. The van der Waals surface area contributed by atoms with E-state index < -0.39 is 0 Å². The van der Waals surface area contributed by atoms with Crippen LogP contribution in [0.5, 0.6) is 0 Å². The standard InChI is InChI=1S/C25H25FN6O/c1-2-7-33-8-6-31-16-20(12-29-31)19-10-23-24(14-28-25(23)27-11-19)21-13-30-32(17-21)15-18-4-3-5-22(26)9-18/h3-5,9-14,16-17H,2,6-8,15H2,1H3,(H,27,28). The van der Waals surface area contributed by atoms with Gasteiger partial charge in [0.2, 0.25) is 0 Å². The molecule has 0 saturated heterocycles. The lowest BCUT2D eigenvalue weighted by Gasteiger charge is -2.03. The van der Waals surface area contributed by atoms with Crippen LogP contribution >= 0.6 is 0 Å². The number of rotatable bonds is 9. The lowest BCUT2D eigenvalue weighted by Crippen LogP contribution is -2.06. The minimum absolute atomic E-state index is 0.244. The molecule has 0 amide bonds. The van der Waals surface area contributed by atoms with E-state index in [1.807, 2.05) is 52.6 Å². The highest BCUT2D eigenvalue weighted by Crippen LogP contribution is 2.30. The molecular weight excluding hydrogens is 419 g/mol. The molecule has 0 saturated carbocycles. The van der Waals surface area contributed by atoms with Crippen molar-refractivity contribution in [2.75, 3.05) is 13.2 Å². The minimum Gasteiger partial charge on any atom is -0.380 e. The summed E-state index contributed by atoms with van der Waals surface area (Å²) >= 11 is 0. The van der Waals surface area contributed by atoms with E-state index in [1.165, 1.54) is 12.1 Å². The van der Waals surface area contributed by atoms with Gasteiger partial charge in [0.05, 0.1) is 32.1 Å². The third-order valence-electron chi connectivity index (χ3n) is 5.49. The van der Waals surface area contributed by atoms with Crippen LogP contribution in [0.3, 0.4) is 0 Å². The molecule has 33 heavy (non-hydrogen) atoms. The Morgan fingerprint density at radius 1 is 0.970 bits per heavy atom. The number of fused-ring (bicyclic) bond motifs is 1. The molecule has 0 fully saturated rings. The van der Waals surface area contributed by atoms with Crippen LogP contribution in [-0.4, -0.2) is 42.7 Å². The van der Waals surface area contributed by atoms with Gasteiger partial charge in [0, 0.05) is 59.0 Å². The molecule has 168 valence electrons. The highest BCUT2D eigenvalue weighted by Gasteiger charge is 2.12. The van der Waals surface area contributed by atoms with E-state index in [-0.39, 0.29) is 5.82 Å². The van der Waals surface area contributed by atoms with E-state index >= 15 is 0 Å². The van der Waals surface area contributed by atoms with Gasteiger partial charge in [0.15, 0.2) is 0 Å². The predicted molar refractivity (Wildman–Crippen MR) is 125 cm³/mol. The van der Waals surface area contributed by atoms with Crippen LogP contribution in [0.4, 0.5) is 4.39 Å². The van der Waals surface area contributed by atoms with Crippen molar-refractivity contribution >= 4 is 11.0 Å². The molecule has 0 unspecified atom stereocenters. The second-order valence-corrected chi connectivity index (χ2v) is 7.98. The Morgan fingerprint density at radius 3 is 2.70 bits per heavy atom. The highest BCUT2D eigenvalue weighted by atomic mass is 19.1. The third kappa shape index (κ3) is 4.70. The second kappa shape index (κ2) is 9.38. The number of nitrogens with one attached hydrogen (secondary N) is 1. The van der Waals surface area contributed by atoms with Crippen LogP contribution in [-0.2, 0) is 17.8 Å². The number of hydrogen-bond donors (Lipinski definition) is 1. The summed E-state index contributed by atoms with van der Waals surface area (Å²) in [5, 5.41) is 9.92. The zero-order valence-electron chi connectivity index (χ0n) is 18.4. The summed E-state index contributed by atoms with van der Waals surface area (Å²) in [4.78, 5) is 7.84. The molecule has 8 heteroatoms. The number of H-pyrrole nitrogens is 1. The van der Waals surface area contributed by atoms with Gasteiger partial charge in [-0.2, -0.15) is 10.2 Å². The number of aromatic nitrogens is 6. The van der Waals surface area contributed by atoms with Gasteiger partial charge in [-0.1, -0.05) is 19.1 Å². The molecule has 0 aliphatic heterocycles. The number of hydrogen-bond acceptors (Lipinski definition) is 4. The Kier molecular flexibility index (Phi) is 5.99. The first kappa shape index (κ1) is 21.1. The van der Waals surface area contributed by atoms with Gasteiger partial charge >= 0.3 is 0 Å². The average molecular weight is 445 g/mol. The Labute approximate surface area is 190 Å². The van der Waals surface area contributed by atoms with Gasteiger partial charge in [-0.3, -0.25) is 9.36 Å². The van der Waals surface area contributed by atoms with Crippen molar-refractivity contribution in [2.45, 2.75) is 26.4 Å². The summed E-state index contributed by atoms with van der Waals surface area (Å²) in [5.41, 5.74) is 5.67. The Balaban J connectivity index is 1.37. The highest BCUT2D eigenvalue weighted by molar-refractivity contribution is 5.95. The monoisotopic (exact) mass is 444 g/mol. The fourth-order valence-corrected chi connectivity index (χ4v) is 3.85. The topological polar surface area (TPSA) is 73.6 Å². The first-order valence-electron chi connectivity index (χ1n) is 11.0. The summed E-state index contributed by atoms with van der Waals surface area (Å²) in [6.07, 6.45) is 12.5. The predicted octanol–water partition coefficient (Wildman–Crippen LogP) is 4.90. The van der Waals surface area contributed by atoms with Crippen molar-refractivity contribution in [1.82, 2.24) is 29.5 Å². The van der Waals surface area contributed by atoms with Gasteiger partial charge in [-0.15, -0.1) is 0 Å². The zero-order valence-corrected chi connectivity index (χ0v) is 18.4. The Hall–Kier alpha value is -3.78. The molecular formula is C25H25FN6O. The van der Waals surface area contributed by atoms with Crippen molar-refractivity contribution in [2.24, 2.45) is 0 Å². The zero-order chi connectivity index (χ0) is 22.6. The molecule has 4 heterocycles. The summed E-state index contributed by atoms with van der Waals surface area (Å²) in [7, 11) is 0. The molecule has 4 aromatic heterocycles. The third-order valence-corrected chi connectivity index (χ3v) is 5.49. The van der Waals surface area contributed by atoms with Crippen LogP contribution in [0, 0.1) is 5.82 Å². The summed E-state index contributed by atoms with van der Waals surface area (Å²) < 4.78 is 22.7. The van der Waals surface area contributed by atoms with Crippen molar-refractivity contribution in [1.29, 1.82) is 0 Å². The number of aromatic amines is 1. The van der Waals surface area contributed by atoms with Gasteiger partial charge in [-0.25, -0.2) is 9.37 Å². The number of halogens is 1. The van der Waals surface area contributed by atoms with Gasteiger partial charge < -0.3 is 9.72 Å². The fourth-order valence-electron chi connectivity index (χ4n) is 3.85. The lowest BCUT2D eigenvalue weighted by atomic mass is 10.1. The summed E-state index contributed by atoms with van der Waals surface area (Å²) in [5.74, 6) is -0.244. The summed E-state index contributed by atoms with van der Waals surface area (Å²) in [6.45, 7) is 4.73. The fraction of sp³-hybridized carbons (Fsp3) is 0.240. The van der Waals surface area contributed by atoms with Crippen molar-refractivity contribution in [3.8, 4) is 22.3 Å². The first-order chi connectivity index (χ1) is 16.2. The number of pyridine rings is 1. The molecule has 0 atom stereocenters. The lowest BCUT2D eigenvalue weighted by molar-refractivity contribution is 0.124. The molecule has 7 nitrogen and oxygen atoms in total. The average Bonchev–Trinajstić information content (AvgIpc) is 3.56. The van der Waals surface area contributed by atoms with Crippen LogP contribution in [0.2, 0.25) is 0 Å². The molecule has 0 bridgehead atoms. The van der Waals surface area contributed by atoms with Crippen molar-refractivity contribution in [3.63, 3.8) is 0 Å². The molecule has 0 spiro atoms. The van der Waals surface area contributed by atoms with Crippen molar-refractivity contribution in [3.05, 3.63) is 78.9 Å². The SMILES string of the molecule is CCCOCCn1cc(-c2cnc3[nH]cc(-c4cnn(Cc5cccc(F)c5)c4)c3c2)cn1. The van der Waals surface area contributed by atoms with Crippen LogP contribution in [0.15, 0.2) is 67.5 Å². The van der Waals surface area contributed by atoms with Gasteiger partial charge in [-0.05, 0) is 30.2 Å². The van der Waals surface area contributed by atoms with Crippen LogP contribution in [0.1, 0.15) is 18.9 Å². The maximum atomic E-state index is 13.5. The smallest absolute Gasteiger partial charge is 0.137 e. The first-order valence-corrected chi connectivity index (χ1v) is 11.0. The largest absolute Gasteiger partial charge is 0.380 e. The molecule has 1 N–H and O–H groups in total. The van der Waals surface area contributed by atoms with E-state index in [1.54, 1.807) is 6.07 Å². The molecule has 5 rings (SSSR count). The quantitative estimate of drug-likeness (QED) is 0.328. The number of benzene rings is 1. The van der Waals surface area contributed by atoms with Gasteiger partial charge in [0.1, 0.15) is 11.5 Å². The number of ether oxygens (including phenoxy) is 1. The van der Waals surface area contributed by atoms with E-state index in [4.69, 9.17) is 4.74 Å².